The van der Waals surface area contributed by atoms with Crippen molar-refractivity contribution < 1.29 is 4.42 Å². The second kappa shape index (κ2) is 4.56. The van der Waals surface area contributed by atoms with E-state index in [9.17, 15) is 0 Å². The number of rotatable bonds is 4. The molecular weight excluding hydrogens is 268 g/mol. The molecule has 1 fully saturated rings. The zero-order valence-electron chi connectivity index (χ0n) is 10.3. The Hall–Kier alpha value is -1.05. The first-order chi connectivity index (χ1) is 8.63. The zero-order chi connectivity index (χ0) is 12.7. The summed E-state index contributed by atoms with van der Waals surface area (Å²) in [5.74, 6) is 1.15. The van der Waals surface area contributed by atoms with Gasteiger partial charge in [-0.05, 0) is 39.2 Å². The Morgan fingerprint density at radius 1 is 1.50 bits per heavy atom. The van der Waals surface area contributed by atoms with E-state index in [0.29, 0.717) is 16.6 Å². The topological polar surface area (TPSA) is 58.0 Å². The van der Waals surface area contributed by atoms with Crippen LogP contribution in [0.15, 0.2) is 4.42 Å². The fraction of sp³-hybridized carbons (Fsp3) is 0.545. The summed E-state index contributed by atoms with van der Waals surface area (Å²) in [7, 11) is 4.08. The van der Waals surface area contributed by atoms with E-state index >= 15 is 0 Å². The lowest BCUT2D eigenvalue weighted by Crippen LogP contribution is -2.10. The lowest BCUT2D eigenvalue weighted by Gasteiger charge is -2.04. The Morgan fingerprint density at radius 3 is 2.83 bits per heavy atom. The molecule has 0 amide bonds. The first-order valence-corrected chi connectivity index (χ1v) is 7.06. The Labute approximate surface area is 114 Å². The van der Waals surface area contributed by atoms with Gasteiger partial charge in [-0.3, -0.25) is 0 Å². The van der Waals surface area contributed by atoms with Crippen LogP contribution < -0.4 is 0 Å². The molecule has 0 aromatic carbocycles. The van der Waals surface area contributed by atoms with E-state index in [4.69, 9.17) is 21.6 Å². The molecule has 1 aliphatic carbocycles. The van der Waals surface area contributed by atoms with E-state index in [1.165, 1.54) is 12.8 Å². The lowest BCUT2D eigenvalue weighted by atomic mass is 10.2. The van der Waals surface area contributed by atoms with Crippen LogP contribution in [0.25, 0.3) is 10.8 Å². The van der Waals surface area contributed by atoms with Crippen LogP contribution in [0.3, 0.4) is 0 Å². The van der Waals surface area contributed by atoms with Crippen LogP contribution >= 0.6 is 23.6 Å². The third-order valence-electron chi connectivity index (χ3n) is 2.75. The highest BCUT2D eigenvalue weighted by molar-refractivity contribution is 7.71. The predicted octanol–water partition coefficient (Wildman–Crippen LogP) is 2.79. The van der Waals surface area contributed by atoms with Crippen molar-refractivity contribution in [2.24, 2.45) is 0 Å². The molecule has 0 spiro atoms. The highest BCUT2D eigenvalue weighted by atomic mass is 32.1. The molecule has 5 nitrogen and oxygen atoms in total. The Balaban J connectivity index is 2.01. The highest BCUT2D eigenvalue weighted by Gasteiger charge is 2.31. The van der Waals surface area contributed by atoms with Crippen molar-refractivity contribution in [3.63, 3.8) is 0 Å². The largest absolute Gasteiger partial charge is 0.408 e. The van der Waals surface area contributed by atoms with E-state index < -0.39 is 0 Å². The van der Waals surface area contributed by atoms with Gasteiger partial charge in [-0.25, -0.2) is 10.1 Å². The summed E-state index contributed by atoms with van der Waals surface area (Å²) in [5, 5.41) is 7.88. The normalized spacial score (nSPS) is 15.5. The molecular formula is C11H14N4OS2. The summed E-state index contributed by atoms with van der Waals surface area (Å²) in [6, 6.07) is 0. The molecule has 0 radical (unpaired) electrons. The summed E-state index contributed by atoms with van der Waals surface area (Å²) < 4.78 is 5.41. The van der Waals surface area contributed by atoms with Gasteiger partial charge in [0.15, 0.2) is 0 Å². The SMILES string of the molecule is CN(C)Cc1nc(C2CC2)c(-c2n[nH]c(=S)o2)s1. The molecule has 0 bridgehead atoms. The fourth-order valence-corrected chi connectivity index (χ4v) is 3.15. The minimum atomic E-state index is 0.314. The van der Waals surface area contributed by atoms with Gasteiger partial charge >= 0.3 is 0 Å². The molecule has 1 saturated carbocycles. The van der Waals surface area contributed by atoms with E-state index in [0.717, 1.165) is 22.1 Å². The maximum absolute atomic E-state index is 5.41. The molecule has 7 heteroatoms. The number of thiazole rings is 1. The Morgan fingerprint density at radius 2 is 2.28 bits per heavy atom. The second-order valence-corrected chi connectivity index (χ2v) is 6.21. The summed E-state index contributed by atoms with van der Waals surface area (Å²) in [6.45, 7) is 0.843. The number of H-pyrrole nitrogens is 1. The van der Waals surface area contributed by atoms with E-state index in [-0.39, 0.29) is 0 Å². The van der Waals surface area contributed by atoms with Crippen LogP contribution in [0.2, 0.25) is 0 Å². The quantitative estimate of drug-likeness (QED) is 0.874. The van der Waals surface area contributed by atoms with Crippen molar-refractivity contribution in [1.29, 1.82) is 0 Å². The Bertz CT molecular complexity index is 609. The summed E-state index contributed by atoms with van der Waals surface area (Å²) >= 11 is 6.57. The zero-order valence-corrected chi connectivity index (χ0v) is 11.9. The average molecular weight is 282 g/mol. The molecule has 0 aliphatic heterocycles. The molecule has 18 heavy (non-hydrogen) atoms. The van der Waals surface area contributed by atoms with Gasteiger partial charge in [0, 0.05) is 12.5 Å². The van der Waals surface area contributed by atoms with Crippen molar-refractivity contribution in [1.82, 2.24) is 20.1 Å². The molecule has 1 N–H and O–H groups in total. The first-order valence-electron chi connectivity index (χ1n) is 5.83. The average Bonchev–Trinajstić information content (AvgIpc) is 2.93. The van der Waals surface area contributed by atoms with Crippen LogP contribution in [0, 0.1) is 4.84 Å². The van der Waals surface area contributed by atoms with Crippen LogP contribution in [0.4, 0.5) is 0 Å². The lowest BCUT2D eigenvalue weighted by molar-refractivity contribution is 0.401. The van der Waals surface area contributed by atoms with Crippen molar-refractivity contribution in [3.8, 4) is 10.8 Å². The fourth-order valence-electron chi connectivity index (χ4n) is 1.83. The molecule has 2 heterocycles. The third-order valence-corrected chi connectivity index (χ3v) is 3.96. The summed E-state index contributed by atoms with van der Waals surface area (Å²) in [4.78, 5) is 8.18. The maximum Gasteiger partial charge on any atom is 0.284 e. The number of hydrogen-bond donors (Lipinski definition) is 1. The van der Waals surface area contributed by atoms with Gasteiger partial charge in [-0.2, -0.15) is 0 Å². The molecule has 2 aromatic heterocycles. The van der Waals surface area contributed by atoms with Crippen molar-refractivity contribution in [2.45, 2.75) is 25.3 Å². The summed E-state index contributed by atoms with van der Waals surface area (Å²) in [5.41, 5.74) is 1.13. The molecule has 96 valence electrons. The van der Waals surface area contributed by atoms with E-state index in [1.807, 2.05) is 14.1 Å². The molecule has 0 unspecified atom stereocenters. The van der Waals surface area contributed by atoms with Gasteiger partial charge in [0.1, 0.15) is 9.88 Å². The molecule has 0 atom stereocenters. The van der Waals surface area contributed by atoms with Gasteiger partial charge in [0.25, 0.3) is 10.7 Å². The minimum Gasteiger partial charge on any atom is -0.408 e. The van der Waals surface area contributed by atoms with Gasteiger partial charge in [0.05, 0.1) is 5.69 Å². The summed E-state index contributed by atoms with van der Waals surface area (Å²) in [6.07, 6.45) is 2.42. The Kier molecular flexibility index (Phi) is 3.04. The number of aromatic amines is 1. The highest BCUT2D eigenvalue weighted by Crippen LogP contribution is 2.45. The minimum absolute atomic E-state index is 0.314. The van der Waals surface area contributed by atoms with Crippen molar-refractivity contribution >= 4 is 23.6 Å². The molecule has 1 aliphatic rings. The monoisotopic (exact) mass is 282 g/mol. The molecule has 3 rings (SSSR count). The standard InChI is InChI=1S/C11H14N4OS2/c1-15(2)5-7-12-8(6-3-4-6)9(18-7)10-13-14-11(17)16-10/h6H,3-5H2,1-2H3,(H,14,17). The van der Waals surface area contributed by atoms with E-state index in [1.54, 1.807) is 11.3 Å². The first kappa shape index (κ1) is 12.0. The smallest absolute Gasteiger partial charge is 0.284 e. The van der Waals surface area contributed by atoms with E-state index in [2.05, 4.69) is 15.1 Å². The third kappa shape index (κ3) is 2.38. The number of aromatic nitrogens is 3. The molecule has 2 aromatic rings. The predicted molar refractivity (Wildman–Crippen MR) is 72.2 cm³/mol. The van der Waals surface area contributed by atoms with Crippen LogP contribution in [0.5, 0.6) is 0 Å². The van der Waals surface area contributed by atoms with Gasteiger partial charge in [-0.15, -0.1) is 16.4 Å². The number of hydrogen-bond acceptors (Lipinski definition) is 6. The van der Waals surface area contributed by atoms with Crippen LogP contribution in [-0.2, 0) is 6.54 Å². The van der Waals surface area contributed by atoms with Crippen molar-refractivity contribution in [2.75, 3.05) is 14.1 Å². The second-order valence-electron chi connectivity index (χ2n) is 4.75. The van der Waals surface area contributed by atoms with Crippen LogP contribution in [0.1, 0.15) is 29.5 Å². The van der Waals surface area contributed by atoms with Crippen molar-refractivity contribution in [3.05, 3.63) is 15.5 Å². The van der Waals surface area contributed by atoms with Gasteiger partial charge < -0.3 is 9.32 Å². The number of nitrogens with one attached hydrogen (secondary N) is 1. The van der Waals surface area contributed by atoms with Gasteiger partial charge in [0.2, 0.25) is 0 Å². The van der Waals surface area contributed by atoms with Crippen LogP contribution in [-0.4, -0.2) is 34.2 Å². The molecule has 0 saturated heterocycles. The van der Waals surface area contributed by atoms with Gasteiger partial charge in [-0.1, -0.05) is 0 Å². The maximum atomic E-state index is 5.41. The number of nitrogens with zero attached hydrogens (tertiary/aromatic N) is 3.